The smallest absolute Gasteiger partial charge is 0.329 e. The summed E-state index contributed by atoms with van der Waals surface area (Å²) in [5.41, 5.74) is -0.1000. The van der Waals surface area contributed by atoms with Gasteiger partial charge in [-0.2, -0.15) is 0 Å². The van der Waals surface area contributed by atoms with E-state index in [4.69, 9.17) is 0 Å². The van der Waals surface area contributed by atoms with Gasteiger partial charge >= 0.3 is 5.69 Å². The van der Waals surface area contributed by atoms with Crippen LogP contribution in [0.4, 0.5) is 11.5 Å². The van der Waals surface area contributed by atoms with Gasteiger partial charge in [0.1, 0.15) is 11.5 Å². The summed E-state index contributed by atoms with van der Waals surface area (Å²) in [6.45, 7) is 5.56. The second-order valence-electron chi connectivity index (χ2n) is 9.83. The van der Waals surface area contributed by atoms with Crippen LogP contribution in [0.5, 0.6) is 0 Å². The molecule has 1 aromatic rings. The maximum Gasteiger partial charge on any atom is 0.329 e. The SMILES string of the molecule is CCCCCCCCN(C)CC(O)CCCCCCCN1CN(C)c2c1n(C)c(=O)[nH]c2=O. The molecule has 2 N–H and O–H groups in total. The van der Waals surface area contributed by atoms with E-state index in [9.17, 15) is 14.7 Å². The highest BCUT2D eigenvalue weighted by Crippen LogP contribution is 2.29. The van der Waals surface area contributed by atoms with E-state index in [-0.39, 0.29) is 17.4 Å². The van der Waals surface area contributed by atoms with Crippen LogP contribution >= 0.6 is 0 Å². The predicted octanol–water partition coefficient (Wildman–Crippen LogP) is 3.28. The van der Waals surface area contributed by atoms with Crippen molar-refractivity contribution in [2.45, 2.75) is 90.1 Å². The molecule has 0 amide bonds. The van der Waals surface area contributed by atoms with Gasteiger partial charge in [0.05, 0.1) is 12.8 Å². The normalized spacial score (nSPS) is 14.4. The average Bonchev–Trinajstić information content (AvgIpc) is 3.10. The first-order chi connectivity index (χ1) is 15.8. The predicted molar refractivity (Wildman–Crippen MR) is 138 cm³/mol. The summed E-state index contributed by atoms with van der Waals surface area (Å²) in [6, 6.07) is 0. The third-order valence-electron chi connectivity index (χ3n) is 6.71. The Morgan fingerprint density at radius 2 is 1.61 bits per heavy atom. The molecule has 0 saturated heterocycles. The maximum absolute atomic E-state index is 12.1. The molecule has 1 aliphatic rings. The monoisotopic (exact) mass is 465 g/mol. The van der Waals surface area contributed by atoms with E-state index >= 15 is 0 Å². The minimum atomic E-state index is -0.366. The molecule has 1 atom stereocenters. The topological polar surface area (TPSA) is 84.8 Å². The van der Waals surface area contributed by atoms with Crippen LogP contribution in [0.25, 0.3) is 0 Å². The van der Waals surface area contributed by atoms with Crippen LogP contribution in [0, 0.1) is 0 Å². The molecule has 2 rings (SSSR count). The molecule has 33 heavy (non-hydrogen) atoms. The van der Waals surface area contributed by atoms with Gasteiger partial charge in [0, 0.05) is 27.2 Å². The van der Waals surface area contributed by atoms with Crippen LogP contribution in [-0.2, 0) is 7.05 Å². The Labute approximate surface area is 199 Å². The highest BCUT2D eigenvalue weighted by atomic mass is 16.3. The number of nitrogens with one attached hydrogen (secondary N) is 1. The Hall–Kier alpha value is -1.80. The van der Waals surface area contributed by atoms with Gasteiger partial charge in [-0.3, -0.25) is 14.3 Å². The van der Waals surface area contributed by atoms with Gasteiger partial charge in [-0.1, -0.05) is 64.7 Å². The molecule has 0 bridgehead atoms. The molecule has 0 aromatic carbocycles. The standard InChI is InChI=1S/C25H47N5O3/c1-5-6-7-8-11-14-17-27(2)19-21(31)16-13-10-9-12-15-18-30-20-28(3)22-23(32)26-25(33)29(4)24(22)30/h21,31H,5-20H2,1-4H3,(H,26,32,33). The molecule has 190 valence electrons. The fourth-order valence-corrected chi connectivity index (χ4v) is 4.79. The zero-order valence-corrected chi connectivity index (χ0v) is 21.4. The first-order valence-electron chi connectivity index (χ1n) is 13.0. The van der Waals surface area contributed by atoms with Crippen molar-refractivity contribution >= 4 is 11.5 Å². The molecular formula is C25H47N5O3. The number of likely N-dealkylation sites (N-methyl/N-ethyl adjacent to an activating group) is 1. The number of H-pyrrole nitrogens is 1. The molecule has 1 unspecified atom stereocenters. The molecule has 0 saturated carbocycles. The van der Waals surface area contributed by atoms with E-state index in [1.165, 1.54) is 43.1 Å². The van der Waals surface area contributed by atoms with Crippen molar-refractivity contribution in [3.05, 3.63) is 20.8 Å². The van der Waals surface area contributed by atoms with Gasteiger partial charge in [0.15, 0.2) is 0 Å². The molecule has 1 aliphatic heterocycles. The third-order valence-corrected chi connectivity index (χ3v) is 6.71. The summed E-state index contributed by atoms with van der Waals surface area (Å²) in [6.07, 6.45) is 14.0. The largest absolute Gasteiger partial charge is 0.392 e. The molecule has 2 heterocycles. The summed E-state index contributed by atoms with van der Waals surface area (Å²) in [5, 5.41) is 10.3. The fraction of sp³-hybridized carbons (Fsp3) is 0.840. The number of nitrogens with zero attached hydrogens (tertiary/aromatic N) is 4. The number of aromatic amines is 1. The summed E-state index contributed by atoms with van der Waals surface area (Å²) in [7, 11) is 5.71. The van der Waals surface area contributed by atoms with E-state index in [0.717, 1.165) is 64.0 Å². The van der Waals surface area contributed by atoms with Crippen LogP contribution in [0.1, 0.15) is 84.0 Å². The van der Waals surface area contributed by atoms with Crippen LogP contribution < -0.4 is 21.0 Å². The molecular weight excluding hydrogens is 418 g/mol. The minimum Gasteiger partial charge on any atom is -0.392 e. The summed E-state index contributed by atoms with van der Waals surface area (Å²) in [4.78, 5) is 32.8. The number of anilines is 2. The van der Waals surface area contributed by atoms with Crippen molar-refractivity contribution in [3.8, 4) is 0 Å². The van der Waals surface area contributed by atoms with E-state index in [2.05, 4.69) is 28.8 Å². The lowest BCUT2D eigenvalue weighted by atomic mass is 10.1. The van der Waals surface area contributed by atoms with E-state index in [0.29, 0.717) is 12.4 Å². The van der Waals surface area contributed by atoms with E-state index < -0.39 is 0 Å². The number of unbranched alkanes of at least 4 members (excludes halogenated alkanes) is 9. The molecule has 0 radical (unpaired) electrons. The number of aromatic nitrogens is 2. The Bertz CT molecular complexity index is 806. The number of fused-ring (bicyclic) bond motifs is 1. The van der Waals surface area contributed by atoms with Crippen LogP contribution in [0.15, 0.2) is 9.59 Å². The quantitative estimate of drug-likeness (QED) is 0.344. The van der Waals surface area contributed by atoms with Gasteiger partial charge < -0.3 is 19.8 Å². The lowest BCUT2D eigenvalue weighted by molar-refractivity contribution is 0.114. The van der Waals surface area contributed by atoms with Crippen LogP contribution in [-0.4, -0.2) is 66.1 Å². The summed E-state index contributed by atoms with van der Waals surface area (Å²) < 4.78 is 1.53. The zero-order chi connectivity index (χ0) is 24.2. The molecule has 1 aromatic heterocycles. The fourth-order valence-electron chi connectivity index (χ4n) is 4.79. The Kier molecular flexibility index (Phi) is 12.0. The maximum atomic E-state index is 12.1. The van der Waals surface area contributed by atoms with Crippen LogP contribution in [0.3, 0.4) is 0 Å². The van der Waals surface area contributed by atoms with Gasteiger partial charge in [0.2, 0.25) is 0 Å². The van der Waals surface area contributed by atoms with Crippen molar-refractivity contribution in [2.75, 3.05) is 50.2 Å². The van der Waals surface area contributed by atoms with Gasteiger partial charge in [-0.05, 0) is 32.9 Å². The molecule has 8 nitrogen and oxygen atoms in total. The molecule has 0 aliphatic carbocycles. The van der Waals surface area contributed by atoms with Gasteiger partial charge in [0.25, 0.3) is 5.56 Å². The van der Waals surface area contributed by atoms with Crippen molar-refractivity contribution < 1.29 is 5.11 Å². The van der Waals surface area contributed by atoms with Gasteiger partial charge in [-0.15, -0.1) is 0 Å². The highest BCUT2D eigenvalue weighted by molar-refractivity contribution is 5.71. The molecule has 8 heteroatoms. The van der Waals surface area contributed by atoms with Crippen molar-refractivity contribution in [2.24, 2.45) is 7.05 Å². The third kappa shape index (κ3) is 8.81. The number of rotatable bonds is 17. The van der Waals surface area contributed by atoms with Crippen LogP contribution in [0.2, 0.25) is 0 Å². The second kappa shape index (κ2) is 14.5. The Morgan fingerprint density at radius 3 is 2.33 bits per heavy atom. The Morgan fingerprint density at radius 1 is 0.970 bits per heavy atom. The second-order valence-corrected chi connectivity index (χ2v) is 9.83. The lowest BCUT2D eigenvalue weighted by Crippen LogP contribution is -2.32. The highest BCUT2D eigenvalue weighted by Gasteiger charge is 2.28. The average molecular weight is 466 g/mol. The first kappa shape index (κ1) is 27.4. The number of hydrogen-bond acceptors (Lipinski definition) is 6. The van der Waals surface area contributed by atoms with Crippen molar-refractivity contribution in [3.63, 3.8) is 0 Å². The van der Waals surface area contributed by atoms with E-state index in [1.807, 2.05) is 11.9 Å². The molecule has 0 spiro atoms. The first-order valence-corrected chi connectivity index (χ1v) is 13.0. The zero-order valence-electron chi connectivity index (χ0n) is 21.4. The Balaban J connectivity index is 1.55. The van der Waals surface area contributed by atoms with Crippen molar-refractivity contribution in [1.82, 2.24) is 14.5 Å². The number of hydrogen-bond donors (Lipinski definition) is 2. The van der Waals surface area contributed by atoms with Crippen molar-refractivity contribution in [1.29, 1.82) is 0 Å². The molecule has 0 fully saturated rings. The number of aliphatic hydroxyl groups is 1. The van der Waals surface area contributed by atoms with E-state index in [1.54, 1.807) is 7.05 Å². The minimum absolute atomic E-state index is 0.230. The van der Waals surface area contributed by atoms with Gasteiger partial charge in [-0.25, -0.2) is 4.79 Å². The lowest BCUT2D eigenvalue weighted by Gasteiger charge is -2.21. The summed E-state index contributed by atoms with van der Waals surface area (Å²) >= 11 is 0. The number of aliphatic hydroxyl groups excluding tert-OH is 1. The summed E-state index contributed by atoms with van der Waals surface area (Å²) in [5.74, 6) is 0.722.